The minimum Gasteiger partial charge on any atom is -0.480 e. The standard InChI is InChI=1S/C10H18N2O4/c1-3-4-11(2)10(16)12-6-7(13)5-8(12)9(14)15/h7-8,13H,3-6H2,1-2H3,(H,14,15)/t7-,8-/m1/s1. The van der Waals surface area contributed by atoms with Gasteiger partial charge >= 0.3 is 12.0 Å². The van der Waals surface area contributed by atoms with Crippen molar-refractivity contribution in [2.24, 2.45) is 0 Å². The Morgan fingerprint density at radius 1 is 1.50 bits per heavy atom. The van der Waals surface area contributed by atoms with E-state index < -0.39 is 18.1 Å². The Balaban J connectivity index is 2.70. The monoisotopic (exact) mass is 230 g/mol. The van der Waals surface area contributed by atoms with Crippen LogP contribution in [0.5, 0.6) is 0 Å². The number of aliphatic hydroxyl groups excluding tert-OH is 1. The predicted octanol–water partition coefficient (Wildman–Crippen LogP) is -0.0320. The van der Waals surface area contributed by atoms with Crippen molar-refractivity contribution in [1.29, 1.82) is 0 Å². The third-order valence-electron chi connectivity index (χ3n) is 2.70. The van der Waals surface area contributed by atoms with Crippen molar-refractivity contribution < 1.29 is 19.8 Å². The molecular weight excluding hydrogens is 212 g/mol. The summed E-state index contributed by atoms with van der Waals surface area (Å²) in [6, 6.07) is -1.23. The summed E-state index contributed by atoms with van der Waals surface area (Å²) in [5.41, 5.74) is 0. The first-order chi connectivity index (χ1) is 7.47. The Morgan fingerprint density at radius 3 is 2.62 bits per heavy atom. The molecule has 6 nitrogen and oxygen atoms in total. The number of aliphatic hydroxyl groups is 1. The second kappa shape index (κ2) is 5.16. The van der Waals surface area contributed by atoms with Crippen LogP contribution in [0, 0.1) is 0 Å². The number of carbonyl (C=O) groups excluding carboxylic acids is 1. The lowest BCUT2D eigenvalue weighted by molar-refractivity contribution is -0.141. The van der Waals surface area contributed by atoms with E-state index in [1.54, 1.807) is 7.05 Å². The maximum Gasteiger partial charge on any atom is 0.326 e. The summed E-state index contributed by atoms with van der Waals surface area (Å²) >= 11 is 0. The van der Waals surface area contributed by atoms with Gasteiger partial charge in [0.1, 0.15) is 6.04 Å². The SMILES string of the molecule is CCCN(C)C(=O)N1C[C@H](O)C[C@@H]1C(=O)O. The molecule has 0 radical (unpaired) electrons. The number of amides is 2. The lowest BCUT2D eigenvalue weighted by atomic mass is 10.2. The molecule has 1 aliphatic heterocycles. The van der Waals surface area contributed by atoms with Gasteiger partial charge in [0, 0.05) is 26.6 Å². The van der Waals surface area contributed by atoms with Crippen molar-refractivity contribution in [1.82, 2.24) is 9.80 Å². The smallest absolute Gasteiger partial charge is 0.326 e. The zero-order chi connectivity index (χ0) is 12.3. The highest BCUT2D eigenvalue weighted by molar-refractivity contribution is 5.83. The largest absolute Gasteiger partial charge is 0.480 e. The van der Waals surface area contributed by atoms with Crippen LogP contribution in [-0.4, -0.2) is 64.3 Å². The average Bonchev–Trinajstić information content (AvgIpc) is 2.59. The predicted molar refractivity (Wildman–Crippen MR) is 57.1 cm³/mol. The molecular formula is C10H18N2O4. The lowest BCUT2D eigenvalue weighted by Crippen LogP contribution is -2.47. The molecule has 16 heavy (non-hydrogen) atoms. The molecule has 0 saturated carbocycles. The van der Waals surface area contributed by atoms with Gasteiger partial charge in [0.15, 0.2) is 0 Å². The molecule has 0 aromatic rings. The summed E-state index contributed by atoms with van der Waals surface area (Å²) in [5.74, 6) is -1.06. The van der Waals surface area contributed by atoms with Gasteiger partial charge in [0.25, 0.3) is 0 Å². The second-order valence-electron chi connectivity index (χ2n) is 4.10. The highest BCUT2D eigenvalue weighted by atomic mass is 16.4. The van der Waals surface area contributed by atoms with E-state index in [2.05, 4.69) is 0 Å². The quantitative estimate of drug-likeness (QED) is 0.713. The molecule has 0 aliphatic carbocycles. The van der Waals surface area contributed by atoms with Gasteiger partial charge in [-0.2, -0.15) is 0 Å². The summed E-state index contributed by atoms with van der Waals surface area (Å²) in [7, 11) is 1.63. The summed E-state index contributed by atoms with van der Waals surface area (Å²) in [5, 5.41) is 18.3. The summed E-state index contributed by atoms with van der Waals surface area (Å²) in [6.45, 7) is 2.62. The molecule has 0 spiro atoms. The van der Waals surface area contributed by atoms with Gasteiger partial charge < -0.3 is 20.0 Å². The van der Waals surface area contributed by atoms with E-state index in [-0.39, 0.29) is 19.0 Å². The van der Waals surface area contributed by atoms with E-state index in [1.165, 1.54) is 9.80 Å². The van der Waals surface area contributed by atoms with Crippen molar-refractivity contribution in [3.63, 3.8) is 0 Å². The van der Waals surface area contributed by atoms with Gasteiger partial charge in [-0.25, -0.2) is 9.59 Å². The lowest BCUT2D eigenvalue weighted by Gasteiger charge is -2.27. The number of β-amino-alcohol motifs (C(OH)–C–C–N with tert-alkyl or cyclic N) is 1. The molecule has 0 unspecified atom stereocenters. The van der Waals surface area contributed by atoms with E-state index in [0.717, 1.165) is 6.42 Å². The van der Waals surface area contributed by atoms with Crippen LogP contribution >= 0.6 is 0 Å². The number of nitrogens with zero attached hydrogens (tertiary/aromatic N) is 2. The molecule has 2 amide bonds. The van der Waals surface area contributed by atoms with Gasteiger partial charge in [0.2, 0.25) is 0 Å². The fourth-order valence-electron chi connectivity index (χ4n) is 1.91. The minimum absolute atomic E-state index is 0.101. The molecule has 1 aliphatic rings. The molecule has 2 N–H and O–H groups in total. The maximum absolute atomic E-state index is 11.9. The van der Waals surface area contributed by atoms with Crippen LogP contribution in [0.25, 0.3) is 0 Å². The zero-order valence-electron chi connectivity index (χ0n) is 9.59. The first kappa shape index (κ1) is 12.8. The Labute approximate surface area is 94.4 Å². The first-order valence-electron chi connectivity index (χ1n) is 5.40. The van der Waals surface area contributed by atoms with Gasteiger partial charge in [0.05, 0.1) is 6.10 Å². The Hall–Kier alpha value is -1.30. The van der Waals surface area contributed by atoms with Crippen molar-refractivity contribution in [2.75, 3.05) is 20.1 Å². The van der Waals surface area contributed by atoms with Crippen LogP contribution in [0.2, 0.25) is 0 Å². The summed E-state index contributed by atoms with van der Waals surface area (Å²) in [4.78, 5) is 25.5. The molecule has 1 fully saturated rings. The molecule has 0 aromatic heterocycles. The highest BCUT2D eigenvalue weighted by Gasteiger charge is 2.39. The number of carboxylic acid groups (broad SMARTS) is 1. The van der Waals surface area contributed by atoms with Gasteiger partial charge in [-0.3, -0.25) is 0 Å². The van der Waals surface area contributed by atoms with E-state index in [4.69, 9.17) is 5.11 Å². The Kier molecular flexibility index (Phi) is 4.12. The number of urea groups is 1. The Bertz CT molecular complexity index is 282. The molecule has 92 valence electrons. The second-order valence-corrected chi connectivity index (χ2v) is 4.10. The van der Waals surface area contributed by atoms with E-state index >= 15 is 0 Å². The fraction of sp³-hybridized carbons (Fsp3) is 0.800. The molecule has 6 heteroatoms. The highest BCUT2D eigenvalue weighted by Crippen LogP contribution is 2.19. The zero-order valence-corrected chi connectivity index (χ0v) is 9.59. The molecule has 2 atom stereocenters. The number of hydrogen-bond donors (Lipinski definition) is 2. The number of likely N-dealkylation sites (tertiary alicyclic amines) is 1. The van der Waals surface area contributed by atoms with Crippen LogP contribution in [0.1, 0.15) is 19.8 Å². The fourth-order valence-corrected chi connectivity index (χ4v) is 1.91. The minimum atomic E-state index is -1.06. The van der Waals surface area contributed by atoms with Crippen LogP contribution in [0.4, 0.5) is 4.79 Å². The van der Waals surface area contributed by atoms with Crippen molar-refractivity contribution in [3.8, 4) is 0 Å². The van der Waals surface area contributed by atoms with Crippen molar-refractivity contribution in [2.45, 2.75) is 31.9 Å². The molecule has 1 saturated heterocycles. The van der Waals surface area contributed by atoms with Crippen LogP contribution in [0.3, 0.4) is 0 Å². The van der Waals surface area contributed by atoms with E-state index in [9.17, 15) is 14.7 Å². The van der Waals surface area contributed by atoms with Crippen LogP contribution in [-0.2, 0) is 4.79 Å². The van der Waals surface area contributed by atoms with Crippen molar-refractivity contribution in [3.05, 3.63) is 0 Å². The topological polar surface area (TPSA) is 81.1 Å². The van der Waals surface area contributed by atoms with Crippen molar-refractivity contribution >= 4 is 12.0 Å². The number of hydrogen-bond acceptors (Lipinski definition) is 3. The molecule has 1 rings (SSSR count). The van der Waals surface area contributed by atoms with Gasteiger partial charge in [-0.05, 0) is 6.42 Å². The average molecular weight is 230 g/mol. The Morgan fingerprint density at radius 2 is 2.12 bits per heavy atom. The van der Waals surface area contributed by atoms with Gasteiger partial charge in [-0.1, -0.05) is 6.92 Å². The normalized spacial score (nSPS) is 24.6. The van der Waals surface area contributed by atoms with Gasteiger partial charge in [-0.15, -0.1) is 0 Å². The maximum atomic E-state index is 11.9. The van der Waals surface area contributed by atoms with Crippen LogP contribution in [0.15, 0.2) is 0 Å². The third kappa shape index (κ3) is 2.63. The number of carboxylic acids is 1. The van der Waals surface area contributed by atoms with E-state index in [1.807, 2.05) is 6.92 Å². The molecule has 0 bridgehead atoms. The number of rotatable bonds is 3. The molecule has 0 aromatic carbocycles. The number of carbonyl (C=O) groups is 2. The van der Waals surface area contributed by atoms with Crippen LogP contribution < -0.4 is 0 Å². The van der Waals surface area contributed by atoms with E-state index in [0.29, 0.717) is 6.54 Å². The summed E-state index contributed by atoms with van der Waals surface area (Å²) < 4.78 is 0. The third-order valence-corrected chi connectivity index (χ3v) is 2.70. The molecule has 1 heterocycles. The first-order valence-corrected chi connectivity index (χ1v) is 5.40. The number of aliphatic carboxylic acids is 1. The summed E-state index contributed by atoms with van der Waals surface area (Å²) in [6.07, 6.45) is 0.192.